The fraction of sp³-hybridized carbons (Fsp3) is 0.467. The molecule has 0 bridgehead atoms. The molecule has 2 aromatic rings. The molecule has 1 fully saturated rings. The van der Waals surface area contributed by atoms with Crippen molar-refractivity contribution in [3.8, 4) is 11.4 Å². The first-order chi connectivity index (χ1) is 10.5. The van der Waals surface area contributed by atoms with E-state index < -0.39 is 11.7 Å². The van der Waals surface area contributed by atoms with Gasteiger partial charge < -0.3 is 9.30 Å². The number of alkyl halides is 3. The van der Waals surface area contributed by atoms with Gasteiger partial charge in [-0.25, -0.2) is 0 Å². The molecule has 0 atom stereocenters. The molecule has 0 unspecified atom stereocenters. The Labute approximate surface area is 125 Å². The van der Waals surface area contributed by atoms with E-state index in [-0.39, 0.29) is 18.0 Å². The van der Waals surface area contributed by atoms with Gasteiger partial charge in [0.15, 0.2) is 11.6 Å². The summed E-state index contributed by atoms with van der Waals surface area (Å²) in [4.78, 5) is 0. The van der Waals surface area contributed by atoms with Gasteiger partial charge in [0.25, 0.3) is 0 Å². The highest BCUT2D eigenvalue weighted by Gasteiger charge is 2.34. The zero-order valence-corrected chi connectivity index (χ0v) is 12.1. The van der Waals surface area contributed by atoms with E-state index in [0.29, 0.717) is 18.3 Å². The predicted molar refractivity (Wildman–Crippen MR) is 73.8 cm³/mol. The largest absolute Gasteiger partial charge is 0.417 e. The third kappa shape index (κ3) is 3.14. The Morgan fingerprint density at radius 2 is 1.95 bits per heavy atom. The lowest BCUT2D eigenvalue weighted by molar-refractivity contribution is -0.137. The number of hydrogen-bond acceptors (Lipinski definition) is 3. The molecule has 1 aliphatic carbocycles. The molecule has 0 N–H and O–H groups in total. The summed E-state index contributed by atoms with van der Waals surface area (Å²) < 4.78 is 46.3. The Kier molecular flexibility index (Phi) is 3.90. The molecule has 0 radical (unpaired) electrons. The Balaban J connectivity index is 1.84. The van der Waals surface area contributed by atoms with Gasteiger partial charge in [-0.15, -0.1) is 10.2 Å². The highest BCUT2D eigenvalue weighted by atomic mass is 19.4. The molecule has 0 amide bonds. The molecule has 1 aliphatic rings. The Morgan fingerprint density at radius 3 is 2.64 bits per heavy atom. The fourth-order valence-electron chi connectivity index (χ4n) is 2.25. The molecule has 0 spiro atoms. The van der Waals surface area contributed by atoms with Gasteiger partial charge in [0, 0.05) is 19.2 Å². The number of benzene rings is 1. The van der Waals surface area contributed by atoms with Crippen LogP contribution in [-0.2, 0) is 24.6 Å². The molecule has 0 saturated heterocycles. The van der Waals surface area contributed by atoms with Gasteiger partial charge in [-0.05, 0) is 24.8 Å². The molecule has 1 aromatic heterocycles. The summed E-state index contributed by atoms with van der Waals surface area (Å²) in [6, 6.07) is 5.37. The fourth-order valence-corrected chi connectivity index (χ4v) is 2.25. The summed E-state index contributed by atoms with van der Waals surface area (Å²) >= 11 is 0. The van der Waals surface area contributed by atoms with Gasteiger partial charge >= 0.3 is 6.18 Å². The average Bonchev–Trinajstić information content (AvgIpc) is 3.22. The standard InChI is InChI=1S/C15H16F3N3O/c1-21-13(9-22-8-10-6-7-10)19-20-14(21)11-4-2-3-5-12(11)15(16,17)18/h2-5,10H,6-9H2,1H3. The zero-order valence-electron chi connectivity index (χ0n) is 12.1. The number of nitrogens with zero attached hydrogens (tertiary/aromatic N) is 3. The van der Waals surface area contributed by atoms with E-state index in [2.05, 4.69) is 10.2 Å². The SMILES string of the molecule is Cn1c(COCC2CC2)nnc1-c1ccccc1C(F)(F)F. The number of ether oxygens (including phenoxy) is 1. The van der Waals surface area contributed by atoms with Gasteiger partial charge in [-0.3, -0.25) is 0 Å². The molecular formula is C15H16F3N3O. The van der Waals surface area contributed by atoms with Crippen LogP contribution < -0.4 is 0 Å². The normalized spacial score (nSPS) is 15.3. The van der Waals surface area contributed by atoms with Crippen molar-refractivity contribution in [3.05, 3.63) is 35.7 Å². The summed E-state index contributed by atoms with van der Waals surface area (Å²) in [7, 11) is 1.65. The monoisotopic (exact) mass is 311 g/mol. The van der Waals surface area contributed by atoms with E-state index in [1.54, 1.807) is 17.7 Å². The lowest BCUT2D eigenvalue weighted by Gasteiger charge is -2.12. The number of rotatable bonds is 5. The van der Waals surface area contributed by atoms with Crippen molar-refractivity contribution in [2.45, 2.75) is 25.6 Å². The van der Waals surface area contributed by atoms with E-state index in [1.807, 2.05) is 0 Å². The van der Waals surface area contributed by atoms with Crippen LogP contribution in [0.25, 0.3) is 11.4 Å². The maximum atomic E-state index is 13.1. The molecule has 3 rings (SSSR count). The minimum absolute atomic E-state index is 0.0263. The first-order valence-corrected chi connectivity index (χ1v) is 7.09. The van der Waals surface area contributed by atoms with Crippen LogP contribution in [0.5, 0.6) is 0 Å². The molecule has 4 nitrogen and oxygen atoms in total. The Bertz CT molecular complexity index is 662. The summed E-state index contributed by atoms with van der Waals surface area (Å²) in [5.41, 5.74) is -0.686. The van der Waals surface area contributed by atoms with Gasteiger partial charge in [-0.1, -0.05) is 18.2 Å². The van der Waals surface area contributed by atoms with Gasteiger partial charge in [0.1, 0.15) is 6.61 Å². The molecule has 1 saturated carbocycles. The molecule has 0 aliphatic heterocycles. The predicted octanol–water partition coefficient (Wildman–Crippen LogP) is 3.43. The minimum atomic E-state index is -4.43. The van der Waals surface area contributed by atoms with Crippen molar-refractivity contribution in [1.29, 1.82) is 0 Å². The highest BCUT2D eigenvalue weighted by molar-refractivity contribution is 5.61. The number of aromatic nitrogens is 3. The third-order valence-corrected chi connectivity index (χ3v) is 3.72. The first kappa shape index (κ1) is 15.0. The van der Waals surface area contributed by atoms with Gasteiger partial charge in [0.05, 0.1) is 5.56 Å². The summed E-state index contributed by atoms with van der Waals surface area (Å²) in [5, 5.41) is 7.86. The maximum absolute atomic E-state index is 13.1. The van der Waals surface area contributed by atoms with Crippen LogP contribution in [-0.4, -0.2) is 21.4 Å². The second kappa shape index (κ2) is 5.72. The van der Waals surface area contributed by atoms with Gasteiger partial charge in [0.2, 0.25) is 0 Å². The van der Waals surface area contributed by atoms with E-state index in [4.69, 9.17) is 4.74 Å². The van der Waals surface area contributed by atoms with Crippen molar-refractivity contribution in [3.63, 3.8) is 0 Å². The Morgan fingerprint density at radius 1 is 1.23 bits per heavy atom. The first-order valence-electron chi connectivity index (χ1n) is 7.09. The molecule has 22 heavy (non-hydrogen) atoms. The summed E-state index contributed by atoms with van der Waals surface area (Å²) in [6.07, 6.45) is -2.06. The summed E-state index contributed by atoms with van der Waals surface area (Å²) in [6.45, 7) is 0.926. The van der Waals surface area contributed by atoms with Crippen molar-refractivity contribution < 1.29 is 17.9 Å². The van der Waals surface area contributed by atoms with Crippen LogP contribution in [0.3, 0.4) is 0 Å². The quantitative estimate of drug-likeness (QED) is 0.849. The molecule has 7 heteroatoms. The second-order valence-corrected chi connectivity index (χ2v) is 5.50. The third-order valence-electron chi connectivity index (χ3n) is 3.72. The second-order valence-electron chi connectivity index (χ2n) is 5.50. The zero-order chi connectivity index (χ0) is 15.7. The lowest BCUT2D eigenvalue weighted by Crippen LogP contribution is -2.09. The van der Waals surface area contributed by atoms with Crippen LogP contribution in [0, 0.1) is 5.92 Å². The number of hydrogen-bond donors (Lipinski definition) is 0. The van der Waals surface area contributed by atoms with E-state index in [9.17, 15) is 13.2 Å². The van der Waals surface area contributed by atoms with Crippen LogP contribution in [0.1, 0.15) is 24.2 Å². The average molecular weight is 311 g/mol. The molecule has 118 valence electrons. The van der Waals surface area contributed by atoms with Crippen LogP contribution >= 0.6 is 0 Å². The highest BCUT2D eigenvalue weighted by Crippen LogP contribution is 2.36. The van der Waals surface area contributed by atoms with E-state index >= 15 is 0 Å². The summed E-state index contributed by atoms with van der Waals surface area (Å²) in [5.74, 6) is 1.34. The Hall–Kier alpha value is -1.89. The van der Waals surface area contributed by atoms with Crippen molar-refractivity contribution in [2.75, 3.05) is 6.61 Å². The van der Waals surface area contributed by atoms with E-state index in [1.165, 1.54) is 25.0 Å². The van der Waals surface area contributed by atoms with Crippen molar-refractivity contribution in [1.82, 2.24) is 14.8 Å². The number of halogens is 3. The van der Waals surface area contributed by atoms with Crippen LogP contribution in [0.4, 0.5) is 13.2 Å². The molecular weight excluding hydrogens is 295 g/mol. The van der Waals surface area contributed by atoms with Crippen molar-refractivity contribution in [2.24, 2.45) is 13.0 Å². The molecule has 1 aromatic carbocycles. The van der Waals surface area contributed by atoms with Gasteiger partial charge in [-0.2, -0.15) is 13.2 Å². The smallest absolute Gasteiger partial charge is 0.373 e. The van der Waals surface area contributed by atoms with E-state index in [0.717, 1.165) is 6.07 Å². The maximum Gasteiger partial charge on any atom is 0.417 e. The van der Waals surface area contributed by atoms with Crippen LogP contribution in [0.15, 0.2) is 24.3 Å². The minimum Gasteiger partial charge on any atom is -0.373 e. The van der Waals surface area contributed by atoms with Crippen molar-refractivity contribution >= 4 is 0 Å². The molecule has 1 heterocycles. The topological polar surface area (TPSA) is 39.9 Å². The van der Waals surface area contributed by atoms with Crippen LogP contribution in [0.2, 0.25) is 0 Å². The lowest BCUT2D eigenvalue weighted by atomic mass is 10.1.